The lowest BCUT2D eigenvalue weighted by Crippen LogP contribution is -2.31. The molecule has 4 nitrogen and oxygen atoms in total. The van der Waals surface area contributed by atoms with E-state index in [1.807, 2.05) is 0 Å². The summed E-state index contributed by atoms with van der Waals surface area (Å²) in [6.07, 6.45) is 6.63. The molecule has 3 N–H and O–H groups in total. The van der Waals surface area contributed by atoms with E-state index in [1.165, 1.54) is 0 Å². The molecule has 0 aromatic heterocycles. The number of imide groups is 1. The summed E-state index contributed by atoms with van der Waals surface area (Å²) in [5.74, 6) is -0.731. The van der Waals surface area contributed by atoms with E-state index in [-0.39, 0.29) is 11.8 Å². The van der Waals surface area contributed by atoms with E-state index in [9.17, 15) is 9.59 Å². The first kappa shape index (κ1) is 8.90. The zero-order valence-corrected chi connectivity index (χ0v) is 7.70. The normalized spacial score (nSPS) is 30.4. The fourth-order valence-electron chi connectivity index (χ4n) is 1.50. The molecule has 1 aliphatic heterocycles. The minimum atomic E-state index is -0.685. The van der Waals surface area contributed by atoms with Gasteiger partial charge in [0.2, 0.25) is 0 Å². The number of amides is 2. The smallest absolute Gasteiger partial charge is 0.258 e. The molecule has 2 aliphatic rings. The van der Waals surface area contributed by atoms with Gasteiger partial charge in [0.1, 0.15) is 0 Å². The lowest BCUT2D eigenvalue weighted by atomic mass is 9.99. The van der Waals surface area contributed by atoms with Crippen LogP contribution in [0.1, 0.15) is 6.92 Å². The number of carbonyl (C=O) groups is 2. The van der Waals surface area contributed by atoms with Crippen molar-refractivity contribution < 1.29 is 9.59 Å². The van der Waals surface area contributed by atoms with E-state index in [1.54, 1.807) is 31.2 Å². The van der Waals surface area contributed by atoms with Crippen LogP contribution in [0.4, 0.5) is 0 Å². The first-order valence-electron chi connectivity index (χ1n) is 4.27. The molecule has 1 unspecified atom stereocenters. The van der Waals surface area contributed by atoms with Gasteiger partial charge in [-0.3, -0.25) is 14.9 Å². The number of nitrogens with one attached hydrogen (secondary N) is 1. The van der Waals surface area contributed by atoms with E-state index in [0.29, 0.717) is 11.1 Å². The lowest BCUT2D eigenvalue weighted by molar-refractivity contribution is -0.123. The van der Waals surface area contributed by atoms with Gasteiger partial charge in [0.15, 0.2) is 0 Å². The Kier molecular flexibility index (Phi) is 1.69. The maximum Gasteiger partial charge on any atom is 0.258 e. The average molecular weight is 190 g/mol. The van der Waals surface area contributed by atoms with Gasteiger partial charge in [0, 0.05) is 0 Å². The van der Waals surface area contributed by atoms with Crippen molar-refractivity contribution in [2.45, 2.75) is 12.5 Å². The second-order valence-corrected chi connectivity index (χ2v) is 3.65. The number of carbonyl (C=O) groups excluding carboxylic acids is 2. The quantitative estimate of drug-likeness (QED) is 0.519. The van der Waals surface area contributed by atoms with Gasteiger partial charge in [-0.25, -0.2) is 0 Å². The molecule has 0 radical (unpaired) electrons. The van der Waals surface area contributed by atoms with E-state index in [0.717, 1.165) is 0 Å². The predicted octanol–water partition coefficient (Wildman–Crippen LogP) is -0.217. The molecule has 2 rings (SSSR count). The first-order valence-corrected chi connectivity index (χ1v) is 4.27. The van der Waals surface area contributed by atoms with Crippen molar-refractivity contribution in [3.05, 3.63) is 35.5 Å². The summed E-state index contributed by atoms with van der Waals surface area (Å²) in [6, 6.07) is 0. The van der Waals surface area contributed by atoms with Crippen molar-refractivity contribution >= 4 is 11.8 Å². The molecule has 1 aliphatic carbocycles. The van der Waals surface area contributed by atoms with E-state index >= 15 is 0 Å². The third-order valence-corrected chi connectivity index (χ3v) is 2.18. The van der Waals surface area contributed by atoms with Crippen LogP contribution in [0.5, 0.6) is 0 Å². The SMILES string of the molecule is CC1(N)C=CC=C2C(=O)NC(=O)C2=C1. The van der Waals surface area contributed by atoms with Crippen LogP contribution in [0.15, 0.2) is 35.5 Å². The maximum absolute atomic E-state index is 11.3. The summed E-state index contributed by atoms with van der Waals surface area (Å²) in [5, 5.41) is 2.22. The second kappa shape index (κ2) is 2.65. The van der Waals surface area contributed by atoms with Crippen LogP contribution in [-0.2, 0) is 9.59 Å². The summed E-state index contributed by atoms with van der Waals surface area (Å²) >= 11 is 0. The van der Waals surface area contributed by atoms with Crippen LogP contribution >= 0.6 is 0 Å². The Morgan fingerprint density at radius 1 is 1.29 bits per heavy atom. The van der Waals surface area contributed by atoms with Gasteiger partial charge >= 0.3 is 0 Å². The molecule has 0 bridgehead atoms. The number of hydrogen-bond donors (Lipinski definition) is 2. The molecule has 0 aromatic carbocycles. The molecule has 1 atom stereocenters. The summed E-state index contributed by atoms with van der Waals surface area (Å²) in [5.41, 5.74) is 5.92. The van der Waals surface area contributed by atoms with Gasteiger partial charge in [0.25, 0.3) is 11.8 Å². The van der Waals surface area contributed by atoms with Crippen molar-refractivity contribution in [3.63, 3.8) is 0 Å². The molecule has 72 valence electrons. The Morgan fingerprint density at radius 2 is 1.93 bits per heavy atom. The summed E-state index contributed by atoms with van der Waals surface area (Å²) < 4.78 is 0. The minimum Gasteiger partial charge on any atom is -0.319 e. The van der Waals surface area contributed by atoms with Crippen molar-refractivity contribution in [2.75, 3.05) is 0 Å². The van der Waals surface area contributed by atoms with Crippen LogP contribution < -0.4 is 11.1 Å². The average Bonchev–Trinajstić information content (AvgIpc) is 2.29. The molecular formula is C10H10N2O2. The van der Waals surface area contributed by atoms with Crippen LogP contribution in [0.2, 0.25) is 0 Å². The van der Waals surface area contributed by atoms with Crippen molar-refractivity contribution in [2.24, 2.45) is 5.73 Å². The minimum absolute atomic E-state index is 0.358. The highest BCUT2D eigenvalue weighted by Crippen LogP contribution is 2.23. The van der Waals surface area contributed by atoms with Gasteiger partial charge in [-0.15, -0.1) is 0 Å². The Bertz CT molecular complexity index is 414. The predicted molar refractivity (Wildman–Crippen MR) is 51.0 cm³/mol. The van der Waals surface area contributed by atoms with Gasteiger partial charge in [0.05, 0.1) is 16.7 Å². The molecule has 1 heterocycles. The van der Waals surface area contributed by atoms with E-state index in [4.69, 9.17) is 5.73 Å². The number of allylic oxidation sites excluding steroid dienone is 2. The molecule has 14 heavy (non-hydrogen) atoms. The molecule has 1 saturated heterocycles. The second-order valence-electron chi connectivity index (χ2n) is 3.65. The zero-order chi connectivity index (χ0) is 10.3. The van der Waals surface area contributed by atoms with Gasteiger partial charge in [-0.05, 0) is 19.1 Å². The molecule has 1 fully saturated rings. The van der Waals surface area contributed by atoms with Crippen LogP contribution in [0, 0.1) is 0 Å². The molecular weight excluding hydrogens is 180 g/mol. The van der Waals surface area contributed by atoms with Crippen LogP contribution in [0.25, 0.3) is 0 Å². The number of rotatable bonds is 0. The molecule has 4 heteroatoms. The topological polar surface area (TPSA) is 72.2 Å². The molecule has 0 spiro atoms. The van der Waals surface area contributed by atoms with Gasteiger partial charge in [-0.2, -0.15) is 0 Å². The first-order chi connectivity index (χ1) is 6.49. The zero-order valence-electron chi connectivity index (χ0n) is 7.70. The monoisotopic (exact) mass is 190 g/mol. The summed E-state index contributed by atoms with van der Waals surface area (Å²) in [6.45, 7) is 1.77. The van der Waals surface area contributed by atoms with Gasteiger partial charge in [-0.1, -0.05) is 12.2 Å². The Morgan fingerprint density at radius 3 is 2.64 bits per heavy atom. The fraction of sp³-hybridized carbons (Fsp3) is 0.200. The van der Waals surface area contributed by atoms with Gasteiger partial charge < -0.3 is 5.73 Å². The third-order valence-electron chi connectivity index (χ3n) is 2.18. The number of hydrogen-bond acceptors (Lipinski definition) is 3. The maximum atomic E-state index is 11.3. The van der Waals surface area contributed by atoms with Crippen molar-refractivity contribution in [1.82, 2.24) is 5.32 Å². The van der Waals surface area contributed by atoms with E-state index in [2.05, 4.69) is 5.32 Å². The highest BCUT2D eigenvalue weighted by atomic mass is 16.2. The number of fused-ring (bicyclic) bond motifs is 1. The highest BCUT2D eigenvalue weighted by Gasteiger charge is 2.32. The van der Waals surface area contributed by atoms with Crippen LogP contribution in [0.3, 0.4) is 0 Å². The largest absolute Gasteiger partial charge is 0.319 e. The Labute approximate surface area is 81.2 Å². The lowest BCUT2D eigenvalue weighted by Gasteiger charge is -2.14. The van der Waals surface area contributed by atoms with E-state index < -0.39 is 5.54 Å². The third kappa shape index (κ3) is 1.29. The van der Waals surface area contributed by atoms with Crippen LogP contribution in [-0.4, -0.2) is 17.4 Å². The summed E-state index contributed by atoms with van der Waals surface area (Å²) in [4.78, 5) is 22.6. The Hall–Kier alpha value is -1.68. The van der Waals surface area contributed by atoms with Crippen molar-refractivity contribution in [1.29, 1.82) is 0 Å². The molecule has 2 amide bonds. The molecule has 0 saturated carbocycles. The standard InChI is InChI=1S/C10H10N2O2/c1-10(11)4-2-3-6-7(5-10)9(14)12-8(6)13/h2-5H,11H2,1H3,(H,12,13,14). The highest BCUT2D eigenvalue weighted by molar-refractivity contribution is 6.24. The van der Waals surface area contributed by atoms with Crippen molar-refractivity contribution in [3.8, 4) is 0 Å². The summed E-state index contributed by atoms with van der Waals surface area (Å²) in [7, 11) is 0. The fourth-order valence-corrected chi connectivity index (χ4v) is 1.50. The molecule has 0 aromatic rings. The number of nitrogens with two attached hydrogens (primary N) is 1. The Balaban J connectivity index is 2.57.